The van der Waals surface area contributed by atoms with Gasteiger partial charge < -0.3 is 10.6 Å². The average molecular weight is 252 g/mol. The van der Waals surface area contributed by atoms with Gasteiger partial charge in [0.25, 0.3) is 5.91 Å². The fourth-order valence-corrected chi connectivity index (χ4v) is 2.82. The predicted molar refractivity (Wildman–Crippen MR) is 72.4 cm³/mol. The quantitative estimate of drug-likeness (QED) is 0.895. The first-order valence-electron chi connectivity index (χ1n) is 6.16. The van der Waals surface area contributed by atoms with Gasteiger partial charge in [0.1, 0.15) is 0 Å². The van der Waals surface area contributed by atoms with E-state index < -0.39 is 0 Å². The lowest BCUT2D eigenvalue weighted by Crippen LogP contribution is -2.35. The molecule has 0 unspecified atom stereocenters. The molecule has 1 fully saturated rings. The Hall–Kier alpha value is -1.03. The van der Waals surface area contributed by atoms with E-state index in [4.69, 9.17) is 5.73 Å². The maximum absolute atomic E-state index is 12.4. The number of nitrogen functional groups attached to an aromatic ring is 1. The van der Waals surface area contributed by atoms with Gasteiger partial charge in [0, 0.05) is 23.2 Å². The number of nitrogens with zero attached hydrogens (tertiary/aromatic N) is 1. The molecule has 17 heavy (non-hydrogen) atoms. The molecule has 94 valence electrons. The van der Waals surface area contributed by atoms with Crippen LogP contribution in [0.2, 0.25) is 0 Å². The molecule has 1 aromatic rings. The number of aryl methyl sites for hydroxylation is 1. The number of anilines is 1. The highest BCUT2D eigenvalue weighted by Crippen LogP contribution is 2.31. The van der Waals surface area contributed by atoms with Gasteiger partial charge in [-0.3, -0.25) is 4.79 Å². The van der Waals surface area contributed by atoms with Crippen LogP contribution in [-0.4, -0.2) is 23.4 Å². The van der Waals surface area contributed by atoms with Crippen molar-refractivity contribution >= 4 is 22.9 Å². The van der Waals surface area contributed by atoms with Gasteiger partial charge in [0.15, 0.2) is 0 Å². The van der Waals surface area contributed by atoms with Crippen molar-refractivity contribution in [3.8, 4) is 0 Å². The highest BCUT2D eigenvalue weighted by atomic mass is 32.1. The highest BCUT2D eigenvalue weighted by molar-refractivity contribution is 7.14. The summed E-state index contributed by atoms with van der Waals surface area (Å²) < 4.78 is 0. The smallest absolute Gasteiger partial charge is 0.264 e. The molecule has 0 radical (unpaired) electrons. The molecular weight excluding hydrogens is 232 g/mol. The zero-order valence-electron chi connectivity index (χ0n) is 10.7. The molecule has 0 aromatic carbocycles. The van der Waals surface area contributed by atoms with E-state index in [1.54, 1.807) is 0 Å². The second-order valence-electron chi connectivity index (χ2n) is 5.20. The third-order valence-electron chi connectivity index (χ3n) is 2.98. The molecule has 0 aliphatic heterocycles. The molecule has 1 aliphatic rings. The molecule has 0 bridgehead atoms. The van der Waals surface area contributed by atoms with Crippen molar-refractivity contribution in [2.45, 2.75) is 39.7 Å². The largest absolute Gasteiger partial charge is 0.398 e. The summed E-state index contributed by atoms with van der Waals surface area (Å²) in [6, 6.07) is 2.28. The average Bonchev–Trinajstić information content (AvgIpc) is 3.02. The Kier molecular flexibility index (Phi) is 3.43. The van der Waals surface area contributed by atoms with Crippen molar-refractivity contribution in [2.75, 3.05) is 12.3 Å². The van der Waals surface area contributed by atoms with E-state index in [-0.39, 0.29) is 5.91 Å². The number of carbonyl (C=O) groups is 1. The van der Waals surface area contributed by atoms with Crippen LogP contribution in [0.5, 0.6) is 0 Å². The molecule has 1 saturated carbocycles. The Bertz CT molecular complexity index is 402. The number of rotatable bonds is 4. The highest BCUT2D eigenvalue weighted by Gasteiger charge is 2.33. The zero-order valence-corrected chi connectivity index (χ0v) is 11.5. The molecule has 3 nitrogen and oxygen atoms in total. The summed E-state index contributed by atoms with van der Waals surface area (Å²) in [7, 11) is 0. The van der Waals surface area contributed by atoms with Crippen molar-refractivity contribution in [1.82, 2.24) is 4.90 Å². The normalized spacial score (nSPS) is 15.3. The standard InChI is InChI=1S/C13H20N2OS/c1-8(2)7-15(10-4-5-10)13(16)12-6-11(14)9(3)17-12/h6,8,10H,4-5,7,14H2,1-3H3. The first-order chi connectivity index (χ1) is 7.99. The molecule has 4 heteroatoms. The van der Waals surface area contributed by atoms with E-state index in [0.717, 1.165) is 34.8 Å². The lowest BCUT2D eigenvalue weighted by atomic mass is 10.2. The third-order valence-corrected chi connectivity index (χ3v) is 4.03. The van der Waals surface area contributed by atoms with Crippen molar-refractivity contribution in [2.24, 2.45) is 5.92 Å². The SMILES string of the molecule is Cc1sc(C(=O)N(CC(C)C)C2CC2)cc1N. The topological polar surface area (TPSA) is 46.3 Å². The number of hydrogen-bond donors (Lipinski definition) is 1. The van der Waals surface area contributed by atoms with E-state index in [9.17, 15) is 4.79 Å². The summed E-state index contributed by atoms with van der Waals surface area (Å²) in [6.07, 6.45) is 2.30. The fraction of sp³-hybridized carbons (Fsp3) is 0.615. The molecule has 0 saturated heterocycles. The second kappa shape index (κ2) is 4.69. The molecule has 2 N–H and O–H groups in total. The van der Waals surface area contributed by atoms with Crippen LogP contribution in [0.4, 0.5) is 5.69 Å². The monoisotopic (exact) mass is 252 g/mol. The number of thiophene rings is 1. The number of nitrogens with two attached hydrogens (primary N) is 1. The summed E-state index contributed by atoms with van der Waals surface area (Å²) in [5, 5.41) is 0. The van der Waals surface area contributed by atoms with Crippen LogP contribution in [0.3, 0.4) is 0 Å². The molecule has 1 aliphatic carbocycles. The van der Waals surface area contributed by atoms with E-state index in [0.29, 0.717) is 12.0 Å². The Morgan fingerprint density at radius 1 is 1.59 bits per heavy atom. The summed E-state index contributed by atoms with van der Waals surface area (Å²) in [4.78, 5) is 16.3. The van der Waals surface area contributed by atoms with Crippen LogP contribution in [0.25, 0.3) is 0 Å². The second-order valence-corrected chi connectivity index (χ2v) is 6.46. The van der Waals surface area contributed by atoms with Crippen LogP contribution < -0.4 is 5.73 Å². The van der Waals surface area contributed by atoms with Crippen LogP contribution in [0.1, 0.15) is 41.2 Å². The Morgan fingerprint density at radius 2 is 2.24 bits per heavy atom. The Morgan fingerprint density at radius 3 is 2.65 bits per heavy atom. The third kappa shape index (κ3) is 2.80. The van der Waals surface area contributed by atoms with Gasteiger partial charge in [-0.1, -0.05) is 13.8 Å². The maximum atomic E-state index is 12.4. The van der Waals surface area contributed by atoms with E-state index in [1.165, 1.54) is 11.3 Å². The minimum Gasteiger partial charge on any atom is -0.398 e. The van der Waals surface area contributed by atoms with Gasteiger partial charge in [-0.15, -0.1) is 11.3 Å². The zero-order chi connectivity index (χ0) is 12.6. The van der Waals surface area contributed by atoms with E-state index in [1.807, 2.05) is 17.9 Å². The molecule has 1 aromatic heterocycles. The summed E-state index contributed by atoms with van der Waals surface area (Å²) in [5.41, 5.74) is 6.55. The van der Waals surface area contributed by atoms with Gasteiger partial charge in [-0.2, -0.15) is 0 Å². The molecular formula is C13H20N2OS. The first kappa shape index (κ1) is 12.4. The molecule has 0 spiro atoms. The predicted octanol–water partition coefficient (Wildman–Crippen LogP) is 2.90. The number of hydrogen-bond acceptors (Lipinski definition) is 3. The van der Waals surface area contributed by atoms with Crippen molar-refractivity contribution in [1.29, 1.82) is 0 Å². The minimum atomic E-state index is 0.158. The Balaban J connectivity index is 2.15. The first-order valence-corrected chi connectivity index (χ1v) is 6.97. The molecule has 0 atom stereocenters. The van der Waals surface area contributed by atoms with Gasteiger partial charge in [0.2, 0.25) is 0 Å². The number of amides is 1. The van der Waals surface area contributed by atoms with Crippen LogP contribution in [0.15, 0.2) is 6.07 Å². The molecule has 1 heterocycles. The Labute approximate surface area is 107 Å². The van der Waals surface area contributed by atoms with Crippen molar-refractivity contribution in [3.63, 3.8) is 0 Å². The van der Waals surface area contributed by atoms with Gasteiger partial charge in [-0.25, -0.2) is 0 Å². The summed E-state index contributed by atoms with van der Waals surface area (Å²) >= 11 is 1.51. The fourth-order valence-electron chi connectivity index (χ4n) is 1.92. The lowest BCUT2D eigenvalue weighted by molar-refractivity contribution is 0.0727. The van der Waals surface area contributed by atoms with Crippen LogP contribution >= 0.6 is 11.3 Å². The van der Waals surface area contributed by atoms with Crippen molar-refractivity contribution in [3.05, 3.63) is 15.8 Å². The lowest BCUT2D eigenvalue weighted by Gasteiger charge is -2.23. The van der Waals surface area contributed by atoms with Crippen molar-refractivity contribution < 1.29 is 4.79 Å². The minimum absolute atomic E-state index is 0.158. The molecule has 1 amide bonds. The van der Waals surface area contributed by atoms with Gasteiger partial charge in [0.05, 0.1) is 4.88 Å². The van der Waals surface area contributed by atoms with Gasteiger partial charge >= 0.3 is 0 Å². The van der Waals surface area contributed by atoms with Crippen LogP contribution in [-0.2, 0) is 0 Å². The number of carbonyl (C=O) groups excluding carboxylic acids is 1. The van der Waals surface area contributed by atoms with E-state index >= 15 is 0 Å². The van der Waals surface area contributed by atoms with Gasteiger partial charge in [-0.05, 0) is 31.7 Å². The van der Waals surface area contributed by atoms with E-state index in [2.05, 4.69) is 13.8 Å². The molecule has 2 rings (SSSR count). The summed E-state index contributed by atoms with van der Waals surface area (Å²) in [6.45, 7) is 7.11. The maximum Gasteiger partial charge on any atom is 0.264 e. The summed E-state index contributed by atoms with van der Waals surface area (Å²) in [5.74, 6) is 0.670. The van der Waals surface area contributed by atoms with Crippen LogP contribution in [0, 0.1) is 12.8 Å².